The molecule has 0 aliphatic rings. The Hall–Kier alpha value is -2.58. The molecule has 0 radical (unpaired) electrons. The Balaban J connectivity index is 1.90. The van der Waals surface area contributed by atoms with E-state index in [0.717, 1.165) is 14.7 Å². The van der Waals surface area contributed by atoms with Crippen LogP contribution in [0.15, 0.2) is 78.9 Å². The van der Waals surface area contributed by atoms with Crippen molar-refractivity contribution in [3.05, 3.63) is 98.6 Å². The summed E-state index contributed by atoms with van der Waals surface area (Å²) in [5.74, 6) is 0.398. The van der Waals surface area contributed by atoms with Crippen LogP contribution in [0.25, 0.3) is 0 Å². The van der Waals surface area contributed by atoms with Crippen molar-refractivity contribution in [1.82, 2.24) is 10.2 Å². The van der Waals surface area contributed by atoms with E-state index in [4.69, 9.17) is 16.3 Å². The van der Waals surface area contributed by atoms with Crippen LogP contribution >= 0.6 is 34.2 Å². The van der Waals surface area contributed by atoms with E-state index in [9.17, 15) is 9.59 Å². The number of halogens is 2. The van der Waals surface area contributed by atoms with Gasteiger partial charge in [0.1, 0.15) is 11.8 Å². The van der Waals surface area contributed by atoms with Crippen molar-refractivity contribution in [2.45, 2.75) is 32.9 Å². The number of carbonyl (C=O) groups is 2. The fourth-order valence-electron chi connectivity index (χ4n) is 3.55. The van der Waals surface area contributed by atoms with Crippen molar-refractivity contribution in [3.8, 4) is 5.75 Å². The normalized spacial score (nSPS) is 11.7. The van der Waals surface area contributed by atoms with Crippen LogP contribution in [0.4, 0.5) is 0 Å². The number of benzene rings is 3. The average molecular weight is 605 g/mol. The third-order valence-corrected chi connectivity index (χ3v) is 6.52. The Morgan fingerprint density at radius 2 is 1.63 bits per heavy atom. The lowest BCUT2D eigenvalue weighted by Crippen LogP contribution is -2.52. The van der Waals surface area contributed by atoms with Gasteiger partial charge in [-0.15, -0.1) is 0 Å². The molecule has 3 aromatic carbocycles. The fraction of sp³-hybridized carbons (Fsp3) is 0.286. The second kappa shape index (κ2) is 13.5. The Kier molecular flexibility index (Phi) is 10.4. The van der Waals surface area contributed by atoms with E-state index in [2.05, 4.69) is 27.9 Å². The molecule has 0 unspecified atom stereocenters. The van der Waals surface area contributed by atoms with E-state index in [1.807, 2.05) is 86.6 Å². The van der Waals surface area contributed by atoms with Gasteiger partial charge in [-0.05, 0) is 70.0 Å². The van der Waals surface area contributed by atoms with Gasteiger partial charge >= 0.3 is 0 Å². The number of amides is 2. The molecule has 2 amide bonds. The van der Waals surface area contributed by atoms with Crippen LogP contribution in [0, 0.1) is 9.49 Å². The molecule has 0 spiro atoms. The summed E-state index contributed by atoms with van der Waals surface area (Å²) in [6.07, 6.45) is 0.379. The first-order valence-electron chi connectivity index (χ1n) is 11.6. The fourth-order valence-corrected chi connectivity index (χ4v) is 4.10. The Morgan fingerprint density at radius 1 is 0.971 bits per heavy atom. The lowest BCUT2D eigenvalue weighted by Gasteiger charge is -2.32. The zero-order valence-electron chi connectivity index (χ0n) is 19.9. The second-order valence-electron chi connectivity index (χ2n) is 8.70. The quantitative estimate of drug-likeness (QED) is 0.284. The first-order valence-corrected chi connectivity index (χ1v) is 13.0. The number of nitrogens with one attached hydrogen (secondary N) is 1. The molecule has 3 aromatic rings. The first kappa shape index (κ1) is 27.0. The standard InChI is InChI=1S/C28H30ClIN2O3/c1-20(2)17-31-28(34)26(16-21-8-4-3-5-9-21)32(18-22-10-6-7-11-25(22)29)27(33)19-35-24-14-12-23(30)13-15-24/h3-15,20,26H,16-19H2,1-2H3,(H,31,34)/t26-/m1/s1. The number of hydrogen-bond acceptors (Lipinski definition) is 3. The zero-order valence-corrected chi connectivity index (χ0v) is 22.8. The second-order valence-corrected chi connectivity index (χ2v) is 10.4. The lowest BCUT2D eigenvalue weighted by molar-refractivity contribution is -0.142. The smallest absolute Gasteiger partial charge is 0.261 e. The number of rotatable bonds is 11. The van der Waals surface area contributed by atoms with Crippen LogP contribution in [-0.2, 0) is 22.6 Å². The molecule has 0 aromatic heterocycles. The van der Waals surface area contributed by atoms with Crippen LogP contribution in [0.3, 0.4) is 0 Å². The summed E-state index contributed by atoms with van der Waals surface area (Å²) in [4.78, 5) is 28.5. The van der Waals surface area contributed by atoms with Gasteiger partial charge in [0.15, 0.2) is 6.61 Å². The van der Waals surface area contributed by atoms with Gasteiger partial charge in [0, 0.05) is 28.1 Å². The van der Waals surface area contributed by atoms with Crippen molar-refractivity contribution < 1.29 is 14.3 Å². The number of carbonyl (C=O) groups excluding carboxylic acids is 2. The lowest BCUT2D eigenvalue weighted by atomic mass is 10.0. The van der Waals surface area contributed by atoms with Gasteiger partial charge in [0.2, 0.25) is 5.91 Å². The zero-order chi connectivity index (χ0) is 25.2. The minimum atomic E-state index is -0.722. The van der Waals surface area contributed by atoms with Crippen molar-refractivity contribution in [2.24, 2.45) is 5.92 Å². The molecule has 0 saturated carbocycles. The van der Waals surface area contributed by atoms with E-state index in [1.54, 1.807) is 11.0 Å². The highest BCUT2D eigenvalue weighted by Crippen LogP contribution is 2.21. The molecule has 0 fully saturated rings. The van der Waals surface area contributed by atoms with Gasteiger partial charge in [-0.25, -0.2) is 0 Å². The molecule has 0 heterocycles. The summed E-state index contributed by atoms with van der Waals surface area (Å²) < 4.78 is 6.87. The van der Waals surface area contributed by atoms with Crippen LogP contribution < -0.4 is 10.1 Å². The molecule has 1 N–H and O–H groups in total. The van der Waals surface area contributed by atoms with E-state index in [-0.39, 0.29) is 30.9 Å². The number of nitrogens with zero attached hydrogens (tertiary/aromatic N) is 1. The predicted octanol–water partition coefficient (Wildman–Crippen LogP) is 5.74. The van der Waals surface area contributed by atoms with Gasteiger partial charge in [0.25, 0.3) is 5.91 Å². The maximum atomic E-state index is 13.5. The summed E-state index contributed by atoms with van der Waals surface area (Å²) >= 11 is 8.65. The number of hydrogen-bond donors (Lipinski definition) is 1. The third-order valence-electron chi connectivity index (χ3n) is 5.43. The maximum absolute atomic E-state index is 13.5. The number of ether oxygens (including phenoxy) is 1. The van der Waals surface area contributed by atoms with E-state index >= 15 is 0 Å². The monoisotopic (exact) mass is 604 g/mol. The summed E-state index contributed by atoms with van der Waals surface area (Å²) in [6, 6.07) is 23.8. The first-order chi connectivity index (χ1) is 16.8. The molecule has 0 saturated heterocycles. The molecule has 1 atom stereocenters. The molecule has 3 rings (SSSR count). The molecule has 5 nitrogen and oxygen atoms in total. The van der Waals surface area contributed by atoms with Gasteiger partial charge in [-0.2, -0.15) is 0 Å². The van der Waals surface area contributed by atoms with Gasteiger partial charge in [-0.3, -0.25) is 9.59 Å². The summed E-state index contributed by atoms with van der Waals surface area (Å²) in [7, 11) is 0. The molecule has 0 aliphatic carbocycles. The van der Waals surface area contributed by atoms with E-state index < -0.39 is 6.04 Å². The van der Waals surface area contributed by atoms with Gasteiger partial charge < -0.3 is 15.0 Å². The molecular formula is C28H30ClIN2O3. The topological polar surface area (TPSA) is 58.6 Å². The molecule has 0 bridgehead atoms. The molecule has 0 aliphatic heterocycles. The van der Waals surface area contributed by atoms with Crippen LogP contribution in [0.5, 0.6) is 5.75 Å². The van der Waals surface area contributed by atoms with Crippen LogP contribution in [0.2, 0.25) is 5.02 Å². The molecular weight excluding hydrogens is 575 g/mol. The van der Waals surface area contributed by atoms with Gasteiger partial charge in [0.05, 0.1) is 0 Å². The summed E-state index contributed by atoms with van der Waals surface area (Å²) in [6.45, 7) is 4.61. The van der Waals surface area contributed by atoms with Gasteiger partial charge in [-0.1, -0.05) is 74.0 Å². The highest BCUT2D eigenvalue weighted by molar-refractivity contribution is 14.1. The minimum Gasteiger partial charge on any atom is -0.484 e. The Bertz CT molecular complexity index is 1110. The van der Waals surface area contributed by atoms with Crippen LogP contribution in [-0.4, -0.2) is 35.9 Å². The van der Waals surface area contributed by atoms with Crippen molar-refractivity contribution in [1.29, 1.82) is 0 Å². The molecule has 184 valence electrons. The Morgan fingerprint density at radius 3 is 2.29 bits per heavy atom. The SMILES string of the molecule is CC(C)CNC(=O)[C@@H](Cc1ccccc1)N(Cc1ccccc1Cl)C(=O)COc1ccc(I)cc1. The largest absolute Gasteiger partial charge is 0.484 e. The summed E-state index contributed by atoms with van der Waals surface area (Å²) in [5, 5.41) is 3.56. The minimum absolute atomic E-state index is 0.187. The third kappa shape index (κ3) is 8.54. The maximum Gasteiger partial charge on any atom is 0.261 e. The highest BCUT2D eigenvalue weighted by Gasteiger charge is 2.31. The Labute approximate surface area is 226 Å². The molecule has 7 heteroatoms. The highest BCUT2D eigenvalue weighted by atomic mass is 127. The van der Waals surface area contributed by atoms with Crippen LogP contribution in [0.1, 0.15) is 25.0 Å². The van der Waals surface area contributed by atoms with Crippen molar-refractivity contribution >= 4 is 46.0 Å². The summed E-state index contributed by atoms with van der Waals surface area (Å²) in [5.41, 5.74) is 1.74. The van der Waals surface area contributed by atoms with Crippen molar-refractivity contribution in [3.63, 3.8) is 0 Å². The van der Waals surface area contributed by atoms with E-state index in [1.165, 1.54) is 0 Å². The molecule has 35 heavy (non-hydrogen) atoms. The average Bonchev–Trinajstić information content (AvgIpc) is 2.85. The van der Waals surface area contributed by atoms with Crippen molar-refractivity contribution in [2.75, 3.05) is 13.2 Å². The predicted molar refractivity (Wildman–Crippen MR) is 148 cm³/mol. The van der Waals surface area contributed by atoms with E-state index in [0.29, 0.717) is 23.7 Å².